The Bertz CT molecular complexity index is 624. The van der Waals surface area contributed by atoms with E-state index in [4.69, 9.17) is 0 Å². The lowest BCUT2D eigenvalue weighted by molar-refractivity contribution is 1.28. The third-order valence-corrected chi connectivity index (χ3v) is 4.77. The van der Waals surface area contributed by atoms with E-state index < -0.39 is 0 Å². The predicted octanol–water partition coefficient (Wildman–Crippen LogP) is 4.45. The van der Waals surface area contributed by atoms with Crippen LogP contribution in [0.2, 0.25) is 0 Å². The molecular weight excluding hydrogens is 254 g/mol. The smallest absolute Gasteiger partial charge is 0.103 e. The molecule has 80 valence electrons. The van der Waals surface area contributed by atoms with Gasteiger partial charge in [-0.1, -0.05) is 18.2 Å². The van der Waals surface area contributed by atoms with Gasteiger partial charge in [-0.2, -0.15) is 12.6 Å². The lowest BCUT2D eigenvalue weighted by Gasteiger charge is -1.93. The largest absolute Gasteiger partial charge is 0.240 e. The summed E-state index contributed by atoms with van der Waals surface area (Å²) in [5.41, 5.74) is 2.32. The summed E-state index contributed by atoms with van der Waals surface area (Å²) in [6.45, 7) is 0. The van der Waals surface area contributed by atoms with E-state index in [1.54, 1.807) is 22.7 Å². The zero-order valence-electron chi connectivity index (χ0n) is 8.38. The molecule has 0 bridgehead atoms. The number of benzene rings is 1. The second kappa shape index (κ2) is 4.20. The minimum absolute atomic E-state index is 0.715. The highest BCUT2D eigenvalue weighted by molar-refractivity contribution is 7.79. The highest BCUT2D eigenvalue weighted by Crippen LogP contribution is 2.34. The SMILES string of the molecule is SCc1nc(-c2csc3ccccc23)cs1. The van der Waals surface area contributed by atoms with Gasteiger partial charge in [0.05, 0.1) is 5.69 Å². The van der Waals surface area contributed by atoms with Crippen molar-refractivity contribution in [1.82, 2.24) is 4.98 Å². The molecule has 0 amide bonds. The Hall–Kier alpha value is -0.840. The van der Waals surface area contributed by atoms with Gasteiger partial charge in [-0.3, -0.25) is 0 Å². The Morgan fingerprint density at radius 2 is 2.00 bits per heavy atom. The van der Waals surface area contributed by atoms with Gasteiger partial charge in [0.2, 0.25) is 0 Å². The van der Waals surface area contributed by atoms with Gasteiger partial charge >= 0.3 is 0 Å². The average Bonchev–Trinajstić information content (AvgIpc) is 2.94. The molecule has 0 saturated heterocycles. The van der Waals surface area contributed by atoms with E-state index in [-0.39, 0.29) is 0 Å². The van der Waals surface area contributed by atoms with Crippen molar-refractivity contribution in [2.24, 2.45) is 0 Å². The van der Waals surface area contributed by atoms with E-state index in [1.807, 2.05) is 0 Å². The Morgan fingerprint density at radius 1 is 1.12 bits per heavy atom. The van der Waals surface area contributed by atoms with Gasteiger partial charge in [0.1, 0.15) is 5.01 Å². The zero-order chi connectivity index (χ0) is 11.0. The van der Waals surface area contributed by atoms with E-state index in [0.717, 1.165) is 10.7 Å². The monoisotopic (exact) mass is 263 g/mol. The summed E-state index contributed by atoms with van der Waals surface area (Å²) >= 11 is 7.69. The first-order chi connectivity index (χ1) is 7.88. The normalized spacial score (nSPS) is 11.1. The predicted molar refractivity (Wildman–Crippen MR) is 75.6 cm³/mol. The molecule has 0 aliphatic carbocycles. The summed E-state index contributed by atoms with van der Waals surface area (Å²) in [5.74, 6) is 0.715. The van der Waals surface area contributed by atoms with Crippen LogP contribution in [-0.2, 0) is 5.75 Å². The number of thiazole rings is 1. The van der Waals surface area contributed by atoms with Crippen molar-refractivity contribution in [2.75, 3.05) is 0 Å². The summed E-state index contributed by atoms with van der Waals surface area (Å²) in [6, 6.07) is 8.45. The second-order valence-electron chi connectivity index (χ2n) is 3.43. The molecule has 0 saturated carbocycles. The van der Waals surface area contributed by atoms with Gasteiger partial charge < -0.3 is 0 Å². The van der Waals surface area contributed by atoms with Crippen molar-refractivity contribution >= 4 is 45.4 Å². The number of thiol groups is 1. The molecule has 0 fully saturated rings. The average molecular weight is 263 g/mol. The number of hydrogen-bond acceptors (Lipinski definition) is 4. The van der Waals surface area contributed by atoms with Crippen LogP contribution in [0.3, 0.4) is 0 Å². The van der Waals surface area contributed by atoms with Crippen LogP contribution < -0.4 is 0 Å². The van der Waals surface area contributed by atoms with Crippen molar-refractivity contribution in [3.05, 3.63) is 40.0 Å². The number of hydrogen-bond donors (Lipinski definition) is 1. The Morgan fingerprint density at radius 3 is 2.81 bits per heavy atom. The molecular formula is C12H9NS3. The highest BCUT2D eigenvalue weighted by atomic mass is 32.1. The Labute approximate surface area is 107 Å². The van der Waals surface area contributed by atoms with E-state index >= 15 is 0 Å². The fourth-order valence-corrected chi connectivity index (χ4v) is 3.59. The van der Waals surface area contributed by atoms with Crippen molar-refractivity contribution in [3.63, 3.8) is 0 Å². The Balaban J connectivity index is 2.18. The summed E-state index contributed by atoms with van der Waals surface area (Å²) < 4.78 is 1.32. The van der Waals surface area contributed by atoms with Crippen LogP contribution in [0, 0.1) is 0 Å². The second-order valence-corrected chi connectivity index (χ2v) is 5.60. The first kappa shape index (κ1) is 10.3. The molecule has 0 unspecified atom stereocenters. The molecule has 2 heterocycles. The highest BCUT2D eigenvalue weighted by Gasteiger charge is 2.08. The fourth-order valence-electron chi connectivity index (χ4n) is 1.68. The molecule has 0 aliphatic rings. The third kappa shape index (κ3) is 1.67. The van der Waals surface area contributed by atoms with Crippen molar-refractivity contribution < 1.29 is 0 Å². The van der Waals surface area contributed by atoms with Crippen molar-refractivity contribution in [2.45, 2.75) is 5.75 Å². The van der Waals surface area contributed by atoms with Crippen LogP contribution in [0.15, 0.2) is 35.0 Å². The zero-order valence-corrected chi connectivity index (χ0v) is 10.9. The number of aromatic nitrogens is 1. The molecule has 1 aromatic carbocycles. The quantitative estimate of drug-likeness (QED) is 0.674. The minimum atomic E-state index is 0.715. The van der Waals surface area contributed by atoms with Crippen LogP contribution in [0.5, 0.6) is 0 Å². The first-order valence-corrected chi connectivity index (χ1v) is 7.29. The van der Waals surface area contributed by atoms with Crippen molar-refractivity contribution in [3.8, 4) is 11.3 Å². The standard InChI is InChI=1S/C12H9NS3/c14-5-12-13-10(7-16-12)9-6-15-11-4-2-1-3-8(9)11/h1-4,6-7,14H,5H2. The first-order valence-electron chi connectivity index (χ1n) is 4.90. The number of rotatable bonds is 2. The van der Waals surface area contributed by atoms with E-state index in [0.29, 0.717) is 5.75 Å². The van der Waals surface area contributed by atoms with Gasteiger partial charge in [0.15, 0.2) is 0 Å². The maximum atomic E-state index is 4.57. The lowest BCUT2D eigenvalue weighted by atomic mass is 10.1. The maximum absolute atomic E-state index is 4.57. The van der Waals surface area contributed by atoms with E-state index in [1.165, 1.54) is 15.6 Å². The molecule has 2 aromatic heterocycles. The molecule has 0 aliphatic heterocycles. The molecule has 0 N–H and O–H groups in total. The lowest BCUT2D eigenvalue weighted by Crippen LogP contribution is -1.77. The van der Waals surface area contributed by atoms with Crippen LogP contribution in [0.25, 0.3) is 21.3 Å². The van der Waals surface area contributed by atoms with E-state index in [9.17, 15) is 0 Å². The minimum Gasteiger partial charge on any atom is -0.240 e. The van der Waals surface area contributed by atoms with E-state index in [2.05, 4.69) is 52.6 Å². The van der Waals surface area contributed by atoms with Gasteiger partial charge in [0, 0.05) is 32.2 Å². The summed E-state index contributed by atoms with van der Waals surface area (Å²) in [7, 11) is 0. The van der Waals surface area contributed by atoms with Crippen LogP contribution in [0.4, 0.5) is 0 Å². The van der Waals surface area contributed by atoms with Gasteiger partial charge in [0.25, 0.3) is 0 Å². The number of fused-ring (bicyclic) bond motifs is 1. The fraction of sp³-hybridized carbons (Fsp3) is 0.0833. The van der Waals surface area contributed by atoms with Crippen molar-refractivity contribution in [1.29, 1.82) is 0 Å². The van der Waals surface area contributed by atoms with Crippen LogP contribution in [0.1, 0.15) is 5.01 Å². The summed E-state index contributed by atoms with van der Waals surface area (Å²) in [4.78, 5) is 4.57. The molecule has 3 aromatic rings. The van der Waals surface area contributed by atoms with Gasteiger partial charge in [-0.25, -0.2) is 4.98 Å². The third-order valence-electron chi connectivity index (χ3n) is 2.44. The summed E-state index contributed by atoms with van der Waals surface area (Å²) in [6.07, 6.45) is 0. The number of nitrogens with zero attached hydrogens (tertiary/aromatic N) is 1. The molecule has 0 spiro atoms. The van der Waals surface area contributed by atoms with Crippen LogP contribution >= 0.6 is 35.3 Å². The van der Waals surface area contributed by atoms with Crippen LogP contribution in [-0.4, -0.2) is 4.98 Å². The van der Waals surface area contributed by atoms with Gasteiger partial charge in [-0.15, -0.1) is 22.7 Å². The summed E-state index contributed by atoms with van der Waals surface area (Å²) in [5, 5.41) is 6.67. The topological polar surface area (TPSA) is 12.9 Å². The van der Waals surface area contributed by atoms with Gasteiger partial charge in [-0.05, 0) is 6.07 Å². The molecule has 16 heavy (non-hydrogen) atoms. The molecule has 4 heteroatoms. The number of thiophene rings is 1. The molecule has 1 nitrogen and oxygen atoms in total. The molecule has 0 radical (unpaired) electrons. The molecule has 3 rings (SSSR count). The molecule has 0 atom stereocenters. The maximum Gasteiger partial charge on any atom is 0.103 e. The Kier molecular flexibility index (Phi) is 2.71.